The van der Waals surface area contributed by atoms with Crippen LogP contribution in [0.3, 0.4) is 0 Å². The average molecular weight is 429 g/mol. The van der Waals surface area contributed by atoms with Gasteiger partial charge in [0.05, 0.1) is 6.61 Å². The molecular weight excluding hydrogens is 392 g/mol. The molecule has 6 heteroatoms. The van der Waals surface area contributed by atoms with Crippen LogP contribution in [0.5, 0.6) is 0 Å². The molecule has 0 saturated carbocycles. The van der Waals surface area contributed by atoms with Gasteiger partial charge in [0, 0.05) is 37.7 Å². The summed E-state index contributed by atoms with van der Waals surface area (Å²) in [6, 6.07) is 15.3. The van der Waals surface area contributed by atoms with Gasteiger partial charge in [0.2, 0.25) is 0 Å². The zero-order valence-corrected chi connectivity index (χ0v) is 19.2. The van der Waals surface area contributed by atoms with Crippen LogP contribution >= 0.6 is 11.3 Å². The Morgan fingerprint density at radius 1 is 1.17 bits per heavy atom. The molecule has 2 atom stereocenters. The standard InChI is InChI=1S/C24H36N4OS/c1-25-24(26-14-6-7-16-29-19-20-10-4-3-5-11-20)27-18-21-12-8-15-28(2)23(21)22-13-9-17-30-22/h3-5,9-11,13,17,21,23H,6-8,12,14-16,18-19H2,1-2H3,(H2,25,26,27). The number of likely N-dealkylation sites (tertiary alicyclic amines) is 1. The van der Waals surface area contributed by atoms with Gasteiger partial charge in [0.25, 0.3) is 0 Å². The van der Waals surface area contributed by atoms with Gasteiger partial charge in [-0.25, -0.2) is 0 Å². The second-order valence-electron chi connectivity index (χ2n) is 7.97. The molecule has 0 aliphatic carbocycles. The number of hydrogen-bond donors (Lipinski definition) is 2. The highest BCUT2D eigenvalue weighted by atomic mass is 32.1. The minimum Gasteiger partial charge on any atom is -0.377 e. The van der Waals surface area contributed by atoms with Crippen molar-refractivity contribution in [1.29, 1.82) is 0 Å². The third-order valence-electron chi connectivity index (χ3n) is 5.72. The lowest BCUT2D eigenvalue weighted by atomic mass is 9.88. The fourth-order valence-electron chi connectivity index (χ4n) is 4.13. The van der Waals surface area contributed by atoms with Crippen LogP contribution in [0.2, 0.25) is 0 Å². The first-order valence-corrected chi connectivity index (χ1v) is 12.0. The van der Waals surface area contributed by atoms with Crippen molar-refractivity contribution in [2.24, 2.45) is 10.9 Å². The van der Waals surface area contributed by atoms with Crippen LogP contribution in [0.4, 0.5) is 0 Å². The topological polar surface area (TPSA) is 48.9 Å². The van der Waals surface area contributed by atoms with E-state index in [4.69, 9.17) is 4.74 Å². The average Bonchev–Trinajstić information content (AvgIpc) is 3.30. The third kappa shape index (κ3) is 7.11. The highest BCUT2D eigenvalue weighted by Crippen LogP contribution is 2.36. The number of ether oxygens (including phenoxy) is 1. The maximum Gasteiger partial charge on any atom is 0.190 e. The summed E-state index contributed by atoms with van der Waals surface area (Å²) in [5.74, 6) is 1.51. The predicted octanol–water partition coefficient (Wildman–Crippen LogP) is 4.29. The molecule has 1 aliphatic rings. The summed E-state index contributed by atoms with van der Waals surface area (Å²) in [5.41, 5.74) is 1.23. The molecular formula is C24H36N4OS. The van der Waals surface area contributed by atoms with E-state index in [2.05, 4.69) is 69.4 Å². The van der Waals surface area contributed by atoms with Gasteiger partial charge in [0.15, 0.2) is 5.96 Å². The smallest absolute Gasteiger partial charge is 0.190 e. The van der Waals surface area contributed by atoms with E-state index in [1.54, 1.807) is 0 Å². The van der Waals surface area contributed by atoms with Crippen LogP contribution in [0.1, 0.15) is 42.2 Å². The summed E-state index contributed by atoms with van der Waals surface area (Å²) in [6.45, 7) is 4.52. The lowest BCUT2D eigenvalue weighted by Gasteiger charge is -2.39. The first-order valence-electron chi connectivity index (χ1n) is 11.1. The number of piperidine rings is 1. The summed E-state index contributed by atoms with van der Waals surface area (Å²) in [7, 11) is 4.10. The SMILES string of the molecule is CN=C(NCCCCOCc1ccccc1)NCC1CCCN(C)C1c1cccs1. The monoisotopic (exact) mass is 428 g/mol. The van der Waals surface area contributed by atoms with Crippen LogP contribution in [0.25, 0.3) is 0 Å². The molecule has 164 valence electrons. The van der Waals surface area contributed by atoms with Crippen molar-refractivity contribution in [2.75, 3.05) is 40.3 Å². The van der Waals surface area contributed by atoms with Crippen molar-refractivity contribution < 1.29 is 4.74 Å². The zero-order chi connectivity index (χ0) is 21.0. The van der Waals surface area contributed by atoms with E-state index in [1.807, 2.05) is 24.5 Å². The quantitative estimate of drug-likeness (QED) is 0.337. The first-order chi connectivity index (χ1) is 14.8. The third-order valence-corrected chi connectivity index (χ3v) is 6.66. The minimum atomic E-state index is 0.506. The van der Waals surface area contributed by atoms with E-state index in [0.717, 1.165) is 38.5 Å². The Morgan fingerprint density at radius 2 is 2.03 bits per heavy atom. The molecule has 2 unspecified atom stereocenters. The Bertz CT molecular complexity index is 735. The zero-order valence-electron chi connectivity index (χ0n) is 18.3. The van der Waals surface area contributed by atoms with Gasteiger partial charge in [-0.2, -0.15) is 0 Å². The first kappa shape index (κ1) is 22.8. The number of thiophene rings is 1. The summed E-state index contributed by atoms with van der Waals surface area (Å²) in [6.07, 6.45) is 4.64. The maximum atomic E-state index is 5.76. The van der Waals surface area contributed by atoms with Crippen molar-refractivity contribution in [3.63, 3.8) is 0 Å². The van der Waals surface area contributed by atoms with E-state index in [-0.39, 0.29) is 0 Å². The van der Waals surface area contributed by atoms with E-state index < -0.39 is 0 Å². The van der Waals surface area contributed by atoms with E-state index in [0.29, 0.717) is 18.6 Å². The van der Waals surface area contributed by atoms with E-state index in [9.17, 15) is 0 Å². The molecule has 1 fully saturated rings. The predicted molar refractivity (Wildman–Crippen MR) is 127 cm³/mol. The number of benzene rings is 1. The van der Waals surface area contributed by atoms with Gasteiger partial charge in [-0.15, -0.1) is 11.3 Å². The van der Waals surface area contributed by atoms with Crippen LogP contribution in [0, 0.1) is 5.92 Å². The van der Waals surface area contributed by atoms with Crippen molar-refractivity contribution in [1.82, 2.24) is 15.5 Å². The van der Waals surface area contributed by atoms with Gasteiger partial charge in [-0.3, -0.25) is 9.89 Å². The molecule has 2 aromatic rings. The molecule has 0 spiro atoms. The van der Waals surface area contributed by atoms with Gasteiger partial charge >= 0.3 is 0 Å². The Kier molecular flexibility index (Phi) is 9.67. The fraction of sp³-hybridized carbons (Fsp3) is 0.542. The van der Waals surface area contributed by atoms with Crippen LogP contribution in [0.15, 0.2) is 52.8 Å². The van der Waals surface area contributed by atoms with Gasteiger partial charge < -0.3 is 15.4 Å². The Morgan fingerprint density at radius 3 is 2.80 bits per heavy atom. The van der Waals surface area contributed by atoms with Gasteiger partial charge in [-0.1, -0.05) is 36.4 Å². The molecule has 1 aromatic heterocycles. The van der Waals surface area contributed by atoms with Crippen LogP contribution in [-0.2, 0) is 11.3 Å². The number of nitrogens with one attached hydrogen (secondary N) is 2. The lowest BCUT2D eigenvalue weighted by Crippen LogP contribution is -2.45. The normalized spacial score (nSPS) is 20.3. The Hall–Kier alpha value is -1.89. The summed E-state index contributed by atoms with van der Waals surface area (Å²) < 4.78 is 5.76. The Labute approximate surface area is 185 Å². The molecule has 2 heterocycles. The highest BCUT2D eigenvalue weighted by Gasteiger charge is 2.31. The number of unbranched alkanes of at least 4 members (excludes halogenated alkanes) is 1. The Balaban J connectivity index is 1.32. The molecule has 30 heavy (non-hydrogen) atoms. The van der Waals surface area contributed by atoms with Gasteiger partial charge in [0.1, 0.15) is 0 Å². The van der Waals surface area contributed by atoms with Crippen molar-refractivity contribution in [3.05, 3.63) is 58.3 Å². The molecule has 3 rings (SSSR count). The van der Waals surface area contributed by atoms with Crippen LogP contribution in [-0.4, -0.2) is 51.2 Å². The molecule has 1 saturated heterocycles. The van der Waals surface area contributed by atoms with Crippen LogP contribution < -0.4 is 10.6 Å². The second kappa shape index (κ2) is 12.7. The number of aliphatic imine (C=N–C) groups is 1. The number of rotatable bonds is 10. The molecule has 5 nitrogen and oxygen atoms in total. The van der Waals surface area contributed by atoms with Crippen molar-refractivity contribution in [3.8, 4) is 0 Å². The largest absolute Gasteiger partial charge is 0.377 e. The van der Waals surface area contributed by atoms with Crippen molar-refractivity contribution in [2.45, 2.75) is 38.3 Å². The second-order valence-corrected chi connectivity index (χ2v) is 8.95. The summed E-state index contributed by atoms with van der Waals surface area (Å²) in [4.78, 5) is 8.39. The van der Waals surface area contributed by atoms with Gasteiger partial charge in [-0.05, 0) is 62.2 Å². The summed E-state index contributed by atoms with van der Waals surface area (Å²) >= 11 is 1.87. The molecule has 1 aromatic carbocycles. The number of guanidine groups is 1. The molecule has 0 amide bonds. The maximum absolute atomic E-state index is 5.76. The minimum absolute atomic E-state index is 0.506. The van der Waals surface area contributed by atoms with E-state index in [1.165, 1.54) is 29.8 Å². The highest BCUT2D eigenvalue weighted by molar-refractivity contribution is 7.10. The number of nitrogens with zero attached hydrogens (tertiary/aromatic N) is 2. The molecule has 2 N–H and O–H groups in total. The van der Waals surface area contributed by atoms with E-state index >= 15 is 0 Å². The summed E-state index contributed by atoms with van der Waals surface area (Å²) in [5, 5.41) is 9.20. The molecule has 0 radical (unpaired) electrons. The lowest BCUT2D eigenvalue weighted by molar-refractivity contribution is 0.117. The number of hydrogen-bond acceptors (Lipinski definition) is 4. The molecule has 0 bridgehead atoms. The van der Waals surface area contributed by atoms with Crippen molar-refractivity contribution >= 4 is 17.3 Å². The fourth-order valence-corrected chi connectivity index (χ4v) is 5.11. The molecule has 1 aliphatic heterocycles.